The molecule has 0 unspecified atom stereocenters. The molecule has 0 saturated carbocycles. The minimum absolute atomic E-state index is 0. The van der Waals surface area contributed by atoms with E-state index in [1.54, 1.807) is 26.3 Å². The summed E-state index contributed by atoms with van der Waals surface area (Å²) in [4.78, 5) is 15.9. The van der Waals surface area contributed by atoms with E-state index in [2.05, 4.69) is 15.6 Å². The number of hydrogen-bond donors (Lipinski definition) is 3. The molecule has 0 aliphatic carbocycles. The number of halogens is 1. The number of carbonyl (C=O) groups is 1. The molecule has 0 aromatic heterocycles. The lowest BCUT2D eigenvalue weighted by Crippen LogP contribution is -2.23. The van der Waals surface area contributed by atoms with Crippen LogP contribution in [0.15, 0.2) is 53.5 Å². The van der Waals surface area contributed by atoms with E-state index in [4.69, 9.17) is 10.5 Å². The summed E-state index contributed by atoms with van der Waals surface area (Å²) in [6.07, 6.45) is 0. The first kappa shape index (κ1) is 19.8. The molecule has 0 spiro atoms. The fraction of sp³-hybridized carbons (Fsp3) is 0.176. The van der Waals surface area contributed by atoms with Crippen LogP contribution in [0.4, 0.5) is 5.69 Å². The minimum atomic E-state index is -0.129. The van der Waals surface area contributed by atoms with Crippen molar-refractivity contribution in [3.8, 4) is 5.75 Å². The van der Waals surface area contributed by atoms with Crippen molar-refractivity contribution in [2.45, 2.75) is 6.54 Å². The van der Waals surface area contributed by atoms with Crippen LogP contribution in [0.3, 0.4) is 0 Å². The van der Waals surface area contributed by atoms with Crippen molar-refractivity contribution in [1.82, 2.24) is 5.32 Å². The van der Waals surface area contributed by atoms with Gasteiger partial charge in [0.1, 0.15) is 5.75 Å². The normalized spacial score (nSPS) is 10.5. The van der Waals surface area contributed by atoms with Crippen molar-refractivity contribution in [3.63, 3.8) is 0 Å². The predicted molar refractivity (Wildman–Crippen MR) is 107 cm³/mol. The maximum atomic E-state index is 11.6. The van der Waals surface area contributed by atoms with Crippen LogP contribution in [0.25, 0.3) is 0 Å². The first-order valence-corrected chi connectivity index (χ1v) is 7.15. The number of guanidine groups is 1. The Kier molecular flexibility index (Phi) is 8.03. The van der Waals surface area contributed by atoms with Gasteiger partial charge in [-0.25, -0.2) is 4.99 Å². The van der Waals surface area contributed by atoms with Gasteiger partial charge in [-0.3, -0.25) is 4.79 Å². The lowest BCUT2D eigenvalue weighted by Gasteiger charge is -2.10. The molecule has 1 amide bonds. The van der Waals surface area contributed by atoms with Crippen LogP contribution in [0, 0.1) is 0 Å². The van der Waals surface area contributed by atoms with Crippen LogP contribution in [0.2, 0.25) is 0 Å². The van der Waals surface area contributed by atoms with Gasteiger partial charge < -0.3 is 21.1 Å². The topological polar surface area (TPSA) is 88.7 Å². The number of amides is 1. The van der Waals surface area contributed by atoms with Crippen LogP contribution in [0.1, 0.15) is 15.9 Å². The molecule has 2 rings (SSSR count). The van der Waals surface area contributed by atoms with E-state index < -0.39 is 0 Å². The second kappa shape index (κ2) is 9.76. The molecule has 24 heavy (non-hydrogen) atoms. The number of hydrogen-bond acceptors (Lipinski definition) is 3. The number of nitrogens with one attached hydrogen (secondary N) is 2. The highest BCUT2D eigenvalue weighted by Crippen LogP contribution is 2.22. The quantitative estimate of drug-likeness (QED) is 0.379. The fourth-order valence-corrected chi connectivity index (χ4v) is 2.06. The van der Waals surface area contributed by atoms with E-state index in [9.17, 15) is 4.79 Å². The summed E-state index contributed by atoms with van der Waals surface area (Å²) in [7, 11) is 3.19. The van der Waals surface area contributed by atoms with Crippen molar-refractivity contribution < 1.29 is 9.53 Å². The molecule has 0 heterocycles. The van der Waals surface area contributed by atoms with Crippen molar-refractivity contribution in [3.05, 3.63) is 59.7 Å². The lowest BCUT2D eigenvalue weighted by atomic mass is 10.1. The molecule has 0 aliphatic rings. The van der Waals surface area contributed by atoms with E-state index >= 15 is 0 Å². The summed E-state index contributed by atoms with van der Waals surface area (Å²) in [5, 5.41) is 5.60. The van der Waals surface area contributed by atoms with Gasteiger partial charge in [0.05, 0.1) is 19.3 Å². The molecule has 6 nitrogen and oxygen atoms in total. The van der Waals surface area contributed by atoms with Crippen molar-refractivity contribution >= 4 is 41.5 Å². The molecule has 2 aromatic rings. The van der Waals surface area contributed by atoms with Crippen LogP contribution in [-0.4, -0.2) is 26.0 Å². The summed E-state index contributed by atoms with van der Waals surface area (Å²) in [5.41, 5.74) is 8.14. The summed E-state index contributed by atoms with van der Waals surface area (Å²) < 4.78 is 5.25. The first-order chi connectivity index (χ1) is 11.1. The molecule has 7 heteroatoms. The van der Waals surface area contributed by atoms with Crippen LogP contribution < -0.4 is 21.1 Å². The van der Waals surface area contributed by atoms with E-state index in [1.807, 2.05) is 36.4 Å². The van der Waals surface area contributed by atoms with E-state index in [1.165, 1.54) is 0 Å². The van der Waals surface area contributed by atoms with E-state index in [0.29, 0.717) is 17.9 Å². The van der Waals surface area contributed by atoms with Gasteiger partial charge in [-0.15, -0.1) is 24.0 Å². The van der Waals surface area contributed by atoms with Gasteiger partial charge >= 0.3 is 0 Å². The maximum absolute atomic E-state index is 11.6. The van der Waals surface area contributed by atoms with Crippen molar-refractivity contribution in [1.29, 1.82) is 0 Å². The highest BCUT2D eigenvalue weighted by molar-refractivity contribution is 14.0. The molecule has 0 aliphatic heterocycles. The molecule has 2 aromatic carbocycles. The highest BCUT2D eigenvalue weighted by Gasteiger charge is 2.04. The van der Waals surface area contributed by atoms with Crippen molar-refractivity contribution in [2.75, 3.05) is 19.5 Å². The van der Waals surface area contributed by atoms with Crippen molar-refractivity contribution in [2.24, 2.45) is 10.7 Å². The zero-order valence-corrected chi connectivity index (χ0v) is 15.9. The largest absolute Gasteiger partial charge is 0.495 e. The number of anilines is 1. The number of rotatable bonds is 5. The minimum Gasteiger partial charge on any atom is -0.495 e. The Bertz CT molecular complexity index is 719. The third-order valence-electron chi connectivity index (χ3n) is 3.22. The number of nitrogens with zero attached hydrogens (tertiary/aromatic N) is 1. The average Bonchev–Trinajstić information content (AvgIpc) is 2.60. The Morgan fingerprint density at radius 3 is 2.67 bits per heavy atom. The molecule has 0 fully saturated rings. The monoisotopic (exact) mass is 440 g/mol. The summed E-state index contributed by atoms with van der Waals surface area (Å²) in [5.74, 6) is 0.836. The van der Waals surface area contributed by atoms with E-state index in [-0.39, 0.29) is 35.8 Å². The van der Waals surface area contributed by atoms with E-state index in [0.717, 1.165) is 11.3 Å². The average molecular weight is 440 g/mol. The Balaban J connectivity index is 0.00000288. The second-order valence-electron chi connectivity index (χ2n) is 4.81. The first-order valence-electron chi connectivity index (χ1n) is 7.15. The van der Waals surface area contributed by atoms with Gasteiger partial charge in [-0.2, -0.15) is 0 Å². The molecule has 4 N–H and O–H groups in total. The second-order valence-corrected chi connectivity index (χ2v) is 4.81. The third kappa shape index (κ3) is 5.41. The molecular weight excluding hydrogens is 419 g/mol. The Morgan fingerprint density at radius 1 is 1.21 bits per heavy atom. The molecule has 0 bridgehead atoms. The van der Waals surface area contributed by atoms with Gasteiger partial charge in [0.2, 0.25) is 0 Å². The molecule has 0 atom stereocenters. The summed E-state index contributed by atoms with van der Waals surface area (Å²) in [6.45, 7) is 0.374. The number of nitrogens with two attached hydrogens (primary N) is 1. The van der Waals surface area contributed by atoms with Crippen LogP contribution >= 0.6 is 24.0 Å². The maximum Gasteiger partial charge on any atom is 0.251 e. The standard InChI is InChI=1S/C17H20N4O2.HI/c1-19-16(22)13-7-5-6-12(10-13)11-20-17(18)21-14-8-3-4-9-15(14)23-2;/h3-10H,11H2,1-2H3,(H,19,22)(H3,18,20,21);1H. The van der Waals surface area contributed by atoms with Crippen LogP contribution in [0.5, 0.6) is 5.75 Å². The van der Waals surface area contributed by atoms with Crippen LogP contribution in [-0.2, 0) is 6.54 Å². The number of methoxy groups -OCH3 is 1. The number of carbonyl (C=O) groups excluding carboxylic acids is 1. The molecule has 128 valence electrons. The van der Waals surface area contributed by atoms with Gasteiger partial charge in [0.25, 0.3) is 5.91 Å². The SMILES string of the molecule is CNC(=O)c1cccc(CN=C(N)Nc2ccccc2OC)c1.I. The lowest BCUT2D eigenvalue weighted by molar-refractivity contribution is 0.0963. The molecule has 0 saturated heterocycles. The van der Waals surface area contributed by atoms with Gasteiger partial charge in [-0.1, -0.05) is 24.3 Å². The number of aliphatic imine (C=N–C) groups is 1. The van der Waals surface area contributed by atoms with Gasteiger partial charge in [0, 0.05) is 12.6 Å². The fourth-order valence-electron chi connectivity index (χ4n) is 2.06. The third-order valence-corrected chi connectivity index (χ3v) is 3.22. The zero-order valence-electron chi connectivity index (χ0n) is 13.6. The zero-order chi connectivity index (χ0) is 16.7. The number of ether oxygens (including phenoxy) is 1. The Hall–Kier alpha value is -2.29. The molecular formula is C17H21IN4O2. The molecule has 0 radical (unpaired) electrons. The Morgan fingerprint density at radius 2 is 1.96 bits per heavy atom. The van der Waals surface area contributed by atoms with Gasteiger partial charge in [0.15, 0.2) is 5.96 Å². The highest BCUT2D eigenvalue weighted by atomic mass is 127. The predicted octanol–water partition coefficient (Wildman–Crippen LogP) is 2.60. The van der Waals surface area contributed by atoms with Gasteiger partial charge in [-0.05, 0) is 29.8 Å². The summed E-state index contributed by atoms with van der Waals surface area (Å²) >= 11 is 0. The number of para-hydroxylation sites is 2. The Labute approximate surface area is 158 Å². The summed E-state index contributed by atoms with van der Waals surface area (Å²) in [6, 6.07) is 14.7. The number of benzene rings is 2. The smallest absolute Gasteiger partial charge is 0.251 e.